The topological polar surface area (TPSA) is 94.0 Å². The van der Waals surface area contributed by atoms with Gasteiger partial charge in [-0.05, 0) is 79.8 Å². The zero-order chi connectivity index (χ0) is 24.5. The van der Waals surface area contributed by atoms with E-state index < -0.39 is 15.9 Å². The van der Waals surface area contributed by atoms with E-state index in [4.69, 9.17) is 11.6 Å². The van der Waals surface area contributed by atoms with Gasteiger partial charge in [0, 0.05) is 10.9 Å². The van der Waals surface area contributed by atoms with Crippen LogP contribution in [0, 0.1) is 32.1 Å². The van der Waals surface area contributed by atoms with E-state index in [-0.39, 0.29) is 10.6 Å². The molecule has 9 heteroatoms. The van der Waals surface area contributed by atoms with Crippen LogP contribution in [0.25, 0.3) is 11.2 Å². The van der Waals surface area contributed by atoms with Crippen LogP contribution in [0.5, 0.6) is 0 Å². The number of amides is 1. The Morgan fingerprint density at radius 3 is 2.50 bits per heavy atom. The molecule has 0 fully saturated rings. The van der Waals surface area contributed by atoms with Crippen LogP contribution in [0.3, 0.4) is 0 Å². The minimum Gasteiger partial charge on any atom is -0.308 e. The molecule has 0 aliphatic rings. The molecule has 7 nitrogen and oxygen atoms in total. The fourth-order valence-electron chi connectivity index (χ4n) is 3.59. The zero-order valence-corrected chi connectivity index (χ0v) is 20.3. The first-order valence-corrected chi connectivity index (χ1v) is 12.2. The largest absolute Gasteiger partial charge is 0.308 e. The molecule has 1 amide bonds. The molecule has 0 spiro atoms. The molecule has 4 aromatic rings. The molecule has 0 atom stereocenters. The predicted octanol–water partition coefficient (Wildman–Crippen LogP) is 4.07. The maximum Gasteiger partial charge on any atom is 0.283 e. The maximum absolute atomic E-state index is 12.9. The molecule has 34 heavy (non-hydrogen) atoms. The summed E-state index contributed by atoms with van der Waals surface area (Å²) in [7, 11) is -4.04. The Labute approximate surface area is 202 Å². The summed E-state index contributed by atoms with van der Waals surface area (Å²) in [5, 5.41) is 2.37. The molecule has 4 rings (SSSR count). The Morgan fingerprint density at radius 2 is 1.79 bits per heavy atom. The molecule has 1 N–H and O–H groups in total. The van der Waals surface area contributed by atoms with Gasteiger partial charge < -0.3 is 4.57 Å². The van der Waals surface area contributed by atoms with Gasteiger partial charge in [0.2, 0.25) is 0 Å². The highest BCUT2D eigenvalue weighted by molar-refractivity contribution is 7.90. The Balaban J connectivity index is 1.70. The fraction of sp³-hybridized carbons (Fsp3) is 0.160. The highest BCUT2D eigenvalue weighted by Gasteiger charge is 2.22. The van der Waals surface area contributed by atoms with Gasteiger partial charge in [-0.15, -0.1) is 0 Å². The van der Waals surface area contributed by atoms with Crippen LogP contribution in [0.4, 0.5) is 0 Å². The summed E-state index contributed by atoms with van der Waals surface area (Å²) in [6.07, 6.45) is 0. The van der Waals surface area contributed by atoms with Gasteiger partial charge in [0.05, 0.1) is 11.4 Å². The van der Waals surface area contributed by atoms with Crippen LogP contribution in [-0.4, -0.2) is 28.9 Å². The second-order valence-electron chi connectivity index (χ2n) is 7.91. The molecule has 172 valence electrons. The summed E-state index contributed by atoms with van der Waals surface area (Å²) in [6.45, 7) is 5.96. The molecule has 0 saturated carbocycles. The number of nitrogens with one attached hydrogen (secondary N) is 1. The third-order valence-electron chi connectivity index (χ3n) is 5.34. The number of imidazole rings is 1. The second kappa shape index (κ2) is 9.29. The number of carbonyl (C=O) groups excluding carboxylic acids is 1. The number of hydrogen-bond donors (Lipinski definition) is 1. The maximum atomic E-state index is 12.9. The van der Waals surface area contributed by atoms with Crippen LogP contribution in [-0.2, 0) is 16.6 Å². The minimum absolute atomic E-state index is 0.00469. The number of benzene rings is 2. The highest BCUT2D eigenvalue weighted by Crippen LogP contribution is 2.21. The third-order valence-corrected chi connectivity index (χ3v) is 6.78. The minimum atomic E-state index is -4.04. The first kappa shape index (κ1) is 23.5. The summed E-state index contributed by atoms with van der Waals surface area (Å²) >= 11 is 5.52. The molecule has 0 saturated heterocycles. The first-order chi connectivity index (χ1) is 16.2. The fourth-order valence-corrected chi connectivity index (χ4v) is 4.66. The molecule has 2 heterocycles. The van der Waals surface area contributed by atoms with Crippen LogP contribution in [0.2, 0.25) is 0 Å². The van der Waals surface area contributed by atoms with Gasteiger partial charge in [-0.3, -0.25) is 4.79 Å². The van der Waals surface area contributed by atoms with E-state index in [2.05, 4.69) is 26.0 Å². The third kappa shape index (κ3) is 4.81. The van der Waals surface area contributed by atoms with Gasteiger partial charge in [-0.1, -0.05) is 29.8 Å². The van der Waals surface area contributed by atoms with E-state index in [0.717, 1.165) is 16.7 Å². The van der Waals surface area contributed by atoms with E-state index in [1.54, 1.807) is 12.1 Å². The van der Waals surface area contributed by atoms with Crippen molar-refractivity contribution < 1.29 is 13.2 Å². The normalized spacial score (nSPS) is 11.2. The first-order valence-electron chi connectivity index (χ1n) is 10.4. The molecule has 0 radical (unpaired) electrons. The van der Waals surface area contributed by atoms with Crippen LogP contribution >= 0.6 is 11.6 Å². The summed E-state index contributed by atoms with van der Waals surface area (Å²) in [5.74, 6) is 2.72. The number of carbonyl (C=O) groups is 1. The van der Waals surface area contributed by atoms with E-state index in [9.17, 15) is 13.2 Å². The van der Waals surface area contributed by atoms with Gasteiger partial charge >= 0.3 is 0 Å². The zero-order valence-electron chi connectivity index (χ0n) is 18.8. The van der Waals surface area contributed by atoms with Crippen molar-refractivity contribution in [2.75, 3.05) is 0 Å². The molecular weight excluding hydrogens is 472 g/mol. The Bertz CT molecular complexity index is 1580. The van der Waals surface area contributed by atoms with Crippen molar-refractivity contribution in [3.05, 3.63) is 88.4 Å². The Kier molecular flexibility index (Phi) is 6.42. The van der Waals surface area contributed by atoms with Crippen LogP contribution in [0.15, 0.2) is 59.5 Å². The predicted molar refractivity (Wildman–Crippen MR) is 131 cm³/mol. The van der Waals surface area contributed by atoms with Gasteiger partial charge in [-0.2, -0.15) is 0 Å². The lowest BCUT2D eigenvalue weighted by Gasteiger charge is -2.10. The van der Waals surface area contributed by atoms with Crippen LogP contribution < -0.4 is 4.72 Å². The van der Waals surface area contributed by atoms with Crippen molar-refractivity contribution in [2.24, 2.45) is 0 Å². The lowest BCUT2D eigenvalue weighted by atomic mass is 10.1. The number of fused-ring (bicyclic) bond motifs is 1. The van der Waals surface area contributed by atoms with Gasteiger partial charge in [0.1, 0.15) is 17.0 Å². The molecule has 0 aliphatic heterocycles. The monoisotopic (exact) mass is 492 g/mol. The second-order valence-corrected chi connectivity index (χ2v) is 9.78. The average molecular weight is 493 g/mol. The summed E-state index contributed by atoms with van der Waals surface area (Å²) in [4.78, 5) is 22.0. The van der Waals surface area contributed by atoms with Gasteiger partial charge in [-0.25, -0.2) is 23.1 Å². The van der Waals surface area contributed by atoms with Gasteiger partial charge in [0.15, 0.2) is 5.65 Å². The standard InChI is InChI=1S/C25H21ClN4O3S/c1-16-7-9-21(10-8-16)34(32,33)29-25(31)22-13-17(2)23-24(28-22)30(18(3)27-23)15-20-6-4-5-19(14-20)11-12-26/h4-10,13-14H,15H2,1-3H3,(H,29,31). The quantitative estimate of drug-likeness (QED) is 0.424. The average Bonchev–Trinajstić information content (AvgIpc) is 3.10. The highest BCUT2D eigenvalue weighted by atomic mass is 35.5. The smallest absolute Gasteiger partial charge is 0.283 e. The SMILES string of the molecule is Cc1ccc(S(=O)(=O)NC(=O)c2cc(C)c3nc(C)n(Cc4cccc(C#CCl)c4)c3n2)cc1. The van der Waals surface area contributed by atoms with Crippen molar-refractivity contribution in [2.45, 2.75) is 32.2 Å². The number of aromatic nitrogens is 3. The number of sulfonamides is 1. The summed E-state index contributed by atoms with van der Waals surface area (Å²) in [5.41, 5.74) is 4.49. The Morgan fingerprint density at radius 1 is 1.06 bits per heavy atom. The molecule has 2 aromatic carbocycles. The molecule has 0 unspecified atom stereocenters. The number of nitrogens with zero attached hydrogens (tertiary/aromatic N) is 3. The number of halogens is 1. The van der Waals surface area contributed by atoms with E-state index in [0.29, 0.717) is 29.1 Å². The molecule has 2 aromatic heterocycles. The number of hydrogen-bond acceptors (Lipinski definition) is 5. The number of rotatable bonds is 5. The van der Waals surface area contributed by atoms with E-state index in [1.165, 1.54) is 18.2 Å². The van der Waals surface area contributed by atoms with Crippen LogP contribution in [0.1, 0.15) is 38.6 Å². The lowest BCUT2D eigenvalue weighted by Crippen LogP contribution is -2.31. The Hall–Kier alpha value is -3.67. The number of pyridine rings is 1. The summed E-state index contributed by atoms with van der Waals surface area (Å²) < 4.78 is 29.3. The lowest BCUT2D eigenvalue weighted by molar-refractivity contribution is 0.0976. The van der Waals surface area contributed by atoms with Crippen molar-refractivity contribution >= 4 is 38.7 Å². The van der Waals surface area contributed by atoms with Crippen molar-refractivity contribution in [1.82, 2.24) is 19.3 Å². The molecular formula is C25H21ClN4O3S. The molecule has 0 bridgehead atoms. The number of aryl methyl sites for hydroxylation is 3. The summed E-state index contributed by atoms with van der Waals surface area (Å²) in [6, 6.07) is 15.4. The molecule has 0 aliphatic carbocycles. The van der Waals surface area contributed by atoms with Crippen molar-refractivity contribution in [3.63, 3.8) is 0 Å². The van der Waals surface area contributed by atoms with E-state index in [1.807, 2.05) is 49.6 Å². The van der Waals surface area contributed by atoms with E-state index >= 15 is 0 Å². The van der Waals surface area contributed by atoms with Gasteiger partial charge in [0.25, 0.3) is 15.9 Å². The van der Waals surface area contributed by atoms with Crippen molar-refractivity contribution in [1.29, 1.82) is 0 Å². The van der Waals surface area contributed by atoms with Crippen molar-refractivity contribution in [3.8, 4) is 11.3 Å².